The zero-order chi connectivity index (χ0) is 10.7. The Balaban J connectivity index is 1.79. The van der Waals surface area contributed by atoms with Crippen molar-refractivity contribution in [1.29, 1.82) is 0 Å². The molecule has 1 saturated carbocycles. The molecule has 0 aromatic heterocycles. The van der Waals surface area contributed by atoms with Crippen LogP contribution >= 0.6 is 0 Å². The quantitative estimate of drug-likeness (QED) is 0.734. The highest BCUT2D eigenvalue weighted by Crippen LogP contribution is 2.33. The van der Waals surface area contributed by atoms with Gasteiger partial charge in [-0.25, -0.2) is 0 Å². The summed E-state index contributed by atoms with van der Waals surface area (Å²) in [7, 11) is 0. The highest BCUT2D eigenvalue weighted by Gasteiger charge is 2.30. The maximum Gasteiger partial charge on any atom is 0.306 e. The van der Waals surface area contributed by atoms with Gasteiger partial charge in [0.05, 0.1) is 5.92 Å². The molecule has 1 heterocycles. The molecule has 1 aliphatic heterocycles. The zero-order valence-corrected chi connectivity index (χ0v) is 9.24. The van der Waals surface area contributed by atoms with Crippen LogP contribution in [0.25, 0.3) is 0 Å². The Hall–Kier alpha value is -0.570. The second kappa shape index (κ2) is 4.97. The maximum atomic E-state index is 10.8. The lowest BCUT2D eigenvalue weighted by molar-refractivity contribution is -0.143. The molecule has 86 valence electrons. The molecule has 0 amide bonds. The molecular formula is C12H21NO2. The Morgan fingerprint density at radius 1 is 1.07 bits per heavy atom. The van der Waals surface area contributed by atoms with E-state index >= 15 is 0 Å². The normalized spacial score (nSPS) is 37.5. The zero-order valence-electron chi connectivity index (χ0n) is 9.24. The monoisotopic (exact) mass is 211 g/mol. The van der Waals surface area contributed by atoms with Crippen LogP contribution in [-0.4, -0.2) is 23.7 Å². The summed E-state index contributed by atoms with van der Waals surface area (Å²) in [6.45, 7) is 1.16. The van der Waals surface area contributed by atoms with Gasteiger partial charge >= 0.3 is 5.97 Å². The van der Waals surface area contributed by atoms with E-state index in [4.69, 9.17) is 5.11 Å². The first-order valence-corrected chi connectivity index (χ1v) is 6.23. The molecule has 0 aromatic rings. The first-order chi connectivity index (χ1) is 7.27. The molecule has 0 unspecified atom stereocenters. The summed E-state index contributed by atoms with van der Waals surface area (Å²) >= 11 is 0. The predicted molar refractivity (Wildman–Crippen MR) is 58.7 cm³/mol. The Bertz CT molecular complexity index is 216. The fourth-order valence-corrected chi connectivity index (χ4v) is 3.05. The van der Waals surface area contributed by atoms with E-state index in [9.17, 15) is 4.79 Å². The van der Waals surface area contributed by atoms with E-state index in [-0.39, 0.29) is 5.92 Å². The minimum atomic E-state index is -0.593. The van der Waals surface area contributed by atoms with E-state index in [2.05, 4.69) is 5.32 Å². The van der Waals surface area contributed by atoms with Gasteiger partial charge < -0.3 is 10.4 Å². The van der Waals surface area contributed by atoms with Crippen molar-refractivity contribution in [2.75, 3.05) is 6.54 Å². The number of hydrogen-bond acceptors (Lipinski definition) is 2. The van der Waals surface area contributed by atoms with E-state index in [1.54, 1.807) is 0 Å². The topological polar surface area (TPSA) is 49.3 Å². The van der Waals surface area contributed by atoms with Crippen LogP contribution in [0, 0.1) is 11.8 Å². The molecule has 0 aromatic carbocycles. The van der Waals surface area contributed by atoms with Crippen molar-refractivity contribution >= 4 is 5.97 Å². The van der Waals surface area contributed by atoms with Crippen LogP contribution in [0.5, 0.6) is 0 Å². The third-order valence-corrected chi connectivity index (χ3v) is 4.04. The van der Waals surface area contributed by atoms with Crippen LogP contribution in [0.4, 0.5) is 0 Å². The summed E-state index contributed by atoms with van der Waals surface area (Å²) in [5.74, 6) is 0.0794. The third kappa shape index (κ3) is 2.71. The van der Waals surface area contributed by atoms with Gasteiger partial charge in [-0.1, -0.05) is 6.42 Å². The average molecular weight is 211 g/mol. The van der Waals surface area contributed by atoms with Gasteiger partial charge in [0.1, 0.15) is 0 Å². The van der Waals surface area contributed by atoms with Gasteiger partial charge in [-0.15, -0.1) is 0 Å². The molecule has 3 heteroatoms. The number of piperidine rings is 1. The van der Waals surface area contributed by atoms with Gasteiger partial charge in [-0.2, -0.15) is 0 Å². The number of rotatable bonds is 2. The largest absolute Gasteiger partial charge is 0.481 e. The third-order valence-electron chi connectivity index (χ3n) is 4.04. The first-order valence-electron chi connectivity index (χ1n) is 6.23. The molecule has 2 rings (SSSR count). The molecule has 3 nitrogen and oxygen atoms in total. The molecule has 15 heavy (non-hydrogen) atoms. The molecule has 0 radical (unpaired) electrons. The number of carboxylic acids is 1. The second-order valence-electron chi connectivity index (χ2n) is 5.01. The number of nitrogens with one attached hydrogen (secondary N) is 1. The van der Waals surface area contributed by atoms with Crippen LogP contribution in [0.15, 0.2) is 0 Å². The van der Waals surface area contributed by atoms with Gasteiger partial charge in [0, 0.05) is 6.04 Å². The minimum absolute atomic E-state index is 0.0650. The van der Waals surface area contributed by atoms with Crippen molar-refractivity contribution in [3.8, 4) is 0 Å². The molecule has 0 bridgehead atoms. The summed E-state index contributed by atoms with van der Waals surface area (Å²) in [4.78, 5) is 10.8. The van der Waals surface area contributed by atoms with E-state index < -0.39 is 5.97 Å². The maximum absolute atomic E-state index is 10.8. The highest BCUT2D eigenvalue weighted by atomic mass is 16.4. The molecule has 2 aliphatic rings. The summed E-state index contributed by atoms with van der Waals surface area (Å²) in [5.41, 5.74) is 0. The van der Waals surface area contributed by atoms with Crippen LogP contribution in [0.3, 0.4) is 0 Å². The van der Waals surface area contributed by atoms with Gasteiger partial charge in [0.2, 0.25) is 0 Å². The smallest absolute Gasteiger partial charge is 0.306 e. The average Bonchev–Trinajstić information content (AvgIpc) is 2.30. The van der Waals surface area contributed by atoms with Crippen molar-refractivity contribution in [2.24, 2.45) is 11.8 Å². The van der Waals surface area contributed by atoms with Crippen molar-refractivity contribution in [3.05, 3.63) is 0 Å². The van der Waals surface area contributed by atoms with E-state index in [0.29, 0.717) is 6.04 Å². The summed E-state index contributed by atoms with van der Waals surface area (Å²) in [5, 5.41) is 12.5. The van der Waals surface area contributed by atoms with Crippen LogP contribution in [0.1, 0.15) is 44.9 Å². The van der Waals surface area contributed by atoms with Gasteiger partial charge in [-0.05, 0) is 51.0 Å². The molecule has 1 atom stereocenters. The second-order valence-corrected chi connectivity index (χ2v) is 5.01. The lowest BCUT2D eigenvalue weighted by Gasteiger charge is -2.35. The molecule has 1 aliphatic carbocycles. The summed E-state index contributed by atoms with van der Waals surface area (Å²) in [6, 6.07) is 0.675. The van der Waals surface area contributed by atoms with Gasteiger partial charge in [-0.3, -0.25) is 4.79 Å². The van der Waals surface area contributed by atoms with Crippen LogP contribution in [-0.2, 0) is 4.79 Å². The van der Waals surface area contributed by atoms with Crippen molar-refractivity contribution < 1.29 is 9.90 Å². The fourth-order valence-electron chi connectivity index (χ4n) is 3.05. The van der Waals surface area contributed by atoms with Crippen LogP contribution in [0.2, 0.25) is 0 Å². The summed E-state index contributed by atoms with van der Waals surface area (Å²) < 4.78 is 0. The molecular weight excluding hydrogens is 190 g/mol. The van der Waals surface area contributed by atoms with Crippen molar-refractivity contribution in [3.63, 3.8) is 0 Å². The Kier molecular flexibility index (Phi) is 3.62. The van der Waals surface area contributed by atoms with E-state index in [1.807, 2.05) is 0 Å². The Morgan fingerprint density at radius 3 is 2.33 bits per heavy atom. The Labute approximate surface area is 91.2 Å². The van der Waals surface area contributed by atoms with Crippen LogP contribution < -0.4 is 5.32 Å². The van der Waals surface area contributed by atoms with Crippen molar-refractivity contribution in [1.82, 2.24) is 5.32 Å². The highest BCUT2D eigenvalue weighted by molar-refractivity contribution is 5.69. The van der Waals surface area contributed by atoms with Gasteiger partial charge in [0.25, 0.3) is 0 Å². The van der Waals surface area contributed by atoms with Crippen molar-refractivity contribution in [2.45, 2.75) is 51.0 Å². The molecule has 0 spiro atoms. The number of carboxylic acid groups (broad SMARTS) is 1. The first kappa shape index (κ1) is 10.9. The van der Waals surface area contributed by atoms with Gasteiger partial charge in [0.15, 0.2) is 0 Å². The fraction of sp³-hybridized carbons (Fsp3) is 0.917. The lowest BCUT2D eigenvalue weighted by Crippen LogP contribution is -2.41. The minimum Gasteiger partial charge on any atom is -0.481 e. The number of carbonyl (C=O) groups is 1. The number of aliphatic carboxylic acids is 1. The van der Waals surface area contributed by atoms with E-state index in [0.717, 1.165) is 38.1 Å². The van der Waals surface area contributed by atoms with E-state index in [1.165, 1.54) is 19.3 Å². The lowest BCUT2D eigenvalue weighted by atomic mass is 9.76. The Morgan fingerprint density at radius 2 is 1.80 bits per heavy atom. The number of hydrogen-bond donors (Lipinski definition) is 2. The summed E-state index contributed by atoms with van der Waals surface area (Å²) in [6.07, 6.45) is 7.93. The standard InChI is InChI=1S/C12H21NO2/c14-12(15)10-6-4-9(5-7-10)11-3-1-2-8-13-11/h9-11,13H,1-8H2,(H,14,15)/t9?,10?,11-/m0/s1. The molecule has 1 saturated heterocycles. The molecule has 2 fully saturated rings. The molecule has 2 N–H and O–H groups in total. The predicted octanol–water partition coefficient (Wildman–Crippen LogP) is 2.02. The SMILES string of the molecule is O=C(O)C1CCC([C@@H]2CCCCN2)CC1.